The minimum Gasteiger partial charge on any atom is -0.459 e. The lowest BCUT2D eigenvalue weighted by Gasteiger charge is -2.08. The molecule has 0 saturated carbocycles. The zero-order valence-electron chi connectivity index (χ0n) is 9.21. The molecule has 0 aliphatic rings. The molecule has 2 aromatic rings. The van der Waals surface area contributed by atoms with Crippen LogP contribution in [0.4, 0.5) is 0 Å². The van der Waals surface area contributed by atoms with Crippen molar-refractivity contribution in [2.75, 3.05) is 0 Å². The number of hydrogen-bond donors (Lipinski definition) is 0. The zero-order valence-corrected chi connectivity index (χ0v) is 10.0. The minimum atomic E-state index is -0.256. The maximum atomic E-state index is 11.8. The van der Waals surface area contributed by atoms with Crippen molar-refractivity contribution in [1.82, 2.24) is 4.57 Å². The molecule has 0 aliphatic carbocycles. The van der Waals surface area contributed by atoms with E-state index in [1.165, 1.54) is 11.3 Å². The highest BCUT2D eigenvalue weighted by molar-refractivity contribution is 7.12. The topological polar surface area (TPSA) is 31.2 Å². The quantitative estimate of drug-likeness (QED) is 0.765. The fourth-order valence-electron chi connectivity index (χ4n) is 1.42. The highest BCUT2D eigenvalue weighted by Gasteiger charge is 2.16. The molecule has 0 saturated heterocycles. The Labute approximate surface area is 98.3 Å². The Morgan fingerprint density at radius 2 is 2.06 bits per heavy atom. The predicted octanol–water partition coefficient (Wildman–Crippen LogP) is 3.10. The number of esters is 1. The second-order valence-corrected chi connectivity index (χ2v) is 4.60. The van der Waals surface area contributed by atoms with E-state index in [9.17, 15) is 4.79 Å². The van der Waals surface area contributed by atoms with Crippen molar-refractivity contribution in [3.8, 4) is 5.69 Å². The molecule has 0 unspecified atom stereocenters. The molecule has 2 aromatic heterocycles. The van der Waals surface area contributed by atoms with E-state index < -0.39 is 0 Å². The number of thiophene rings is 1. The molecule has 0 bridgehead atoms. The van der Waals surface area contributed by atoms with Crippen LogP contribution in [-0.4, -0.2) is 16.6 Å². The lowest BCUT2D eigenvalue weighted by atomic mass is 10.3. The third-order valence-corrected chi connectivity index (χ3v) is 2.94. The predicted molar refractivity (Wildman–Crippen MR) is 64.2 cm³/mol. The number of carbonyl (C=O) groups excluding carboxylic acids is 1. The first-order valence-electron chi connectivity index (χ1n) is 5.10. The molecule has 3 nitrogen and oxygen atoms in total. The zero-order chi connectivity index (χ0) is 11.5. The molecule has 0 aromatic carbocycles. The van der Waals surface area contributed by atoms with Crippen LogP contribution in [0, 0.1) is 0 Å². The van der Waals surface area contributed by atoms with Crippen molar-refractivity contribution < 1.29 is 9.53 Å². The van der Waals surface area contributed by atoms with Gasteiger partial charge in [-0.15, -0.1) is 11.3 Å². The van der Waals surface area contributed by atoms with Gasteiger partial charge in [-0.25, -0.2) is 4.79 Å². The van der Waals surface area contributed by atoms with Crippen LogP contribution in [0.2, 0.25) is 0 Å². The molecule has 0 spiro atoms. The van der Waals surface area contributed by atoms with Crippen LogP contribution in [0.15, 0.2) is 36.0 Å². The number of ether oxygens (including phenoxy) is 1. The molecule has 0 atom stereocenters. The van der Waals surface area contributed by atoms with Crippen LogP contribution in [-0.2, 0) is 4.74 Å². The fourth-order valence-corrected chi connectivity index (χ4v) is 2.19. The van der Waals surface area contributed by atoms with Gasteiger partial charge < -0.3 is 9.30 Å². The maximum absolute atomic E-state index is 11.8. The standard InChI is InChI=1S/C12H13NO2S/c1-9(2)15-12(14)11-10(5-8-16-11)13-6-3-4-7-13/h3-9H,1-2H3. The molecule has 4 heteroatoms. The molecule has 0 N–H and O–H groups in total. The highest BCUT2D eigenvalue weighted by atomic mass is 32.1. The number of nitrogens with zero attached hydrogens (tertiary/aromatic N) is 1. The largest absolute Gasteiger partial charge is 0.459 e. The average molecular weight is 235 g/mol. The third-order valence-electron chi connectivity index (χ3n) is 2.06. The molecular weight excluding hydrogens is 222 g/mol. The second kappa shape index (κ2) is 4.53. The summed E-state index contributed by atoms with van der Waals surface area (Å²) >= 11 is 1.40. The number of hydrogen-bond acceptors (Lipinski definition) is 3. The van der Waals surface area contributed by atoms with Crippen LogP contribution in [0.1, 0.15) is 23.5 Å². The maximum Gasteiger partial charge on any atom is 0.350 e. The van der Waals surface area contributed by atoms with E-state index in [0.717, 1.165) is 5.69 Å². The Morgan fingerprint density at radius 1 is 1.38 bits per heavy atom. The van der Waals surface area contributed by atoms with Crippen molar-refractivity contribution in [2.45, 2.75) is 20.0 Å². The lowest BCUT2D eigenvalue weighted by Crippen LogP contribution is -2.12. The summed E-state index contributed by atoms with van der Waals surface area (Å²) in [7, 11) is 0. The third kappa shape index (κ3) is 2.17. The molecule has 0 amide bonds. The van der Waals surface area contributed by atoms with Gasteiger partial charge in [-0.05, 0) is 37.4 Å². The van der Waals surface area contributed by atoms with Crippen molar-refractivity contribution in [2.24, 2.45) is 0 Å². The Morgan fingerprint density at radius 3 is 2.69 bits per heavy atom. The van der Waals surface area contributed by atoms with E-state index in [0.29, 0.717) is 4.88 Å². The van der Waals surface area contributed by atoms with Crippen molar-refractivity contribution >= 4 is 17.3 Å². The van der Waals surface area contributed by atoms with Crippen LogP contribution in [0.25, 0.3) is 5.69 Å². The monoisotopic (exact) mass is 235 g/mol. The molecule has 0 fully saturated rings. The van der Waals surface area contributed by atoms with E-state index in [1.807, 2.05) is 54.4 Å². The molecule has 84 valence electrons. The average Bonchev–Trinajstić information content (AvgIpc) is 2.87. The van der Waals surface area contributed by atoms with E-state index in [1.54, 1.807) is 0 Å². The first kappa shape index (κ1) is 11.0. The van der Waals surface area contributed by atoms with Gasteiger partial charge in [-0.3, -0.25) is 0 Å². The molecule has 16 heavy (non-hydrogen) atoms. The van der Waals surface area contributed by atoms with Gasteiger partial charge in [0, 0.05) is 12.4 Å². The molecule has 2 heterocycles. The van der Waals surface area contributed by atoms with Gasteiger partial charge in [0.2, 0.25) is 0 Å². The van der Waals surface area contributed by atoms with Gasteiger partial charge in [-0.1, -0.05) is 0 Å². The van der Waals surface area contributed by atoms with Crippen LogP contribution >= 0.6 is 11.3 Å². The Bertz CT molecular complexity index is 471. The van der Waals surface area contributed by atoms with E-state index in [2.05, 4.69) is 0 Å². The van der Waals surface area contributed by atoms with Crippen LogP contribution in [0.3, 0.4) is 0 Å². The SMILES string of the molecule is CC(C)OC(=O)c1sccc1-n1cccc1. The summed E-state index contributed by atoms with van der Waals surface area (Å²) in [6.07, 6.45) is 3.73. The van der Waals surface area contributed by atoms with E-state index >= 15 is 0 Å². The van der Waals surface area contributed by atoms with Crippen molar-refractivity contribution in [1.29, 1.82) is 0 Å². The summed E-state index contributed by atoms with van der Waals surface area (Å²) in [4.78, 5) is 12.5. The Balaban J connectivity index is 2.29. The number of carbonyl (C=O) groups is 1. The highest BCUT2D eigenvalue weighted by Crippen LogP contribution is 2.22. The summed E-state index contributed by atoms with van der Waals surface area (Å²) in [5.74, 6) is -0.256. The van der Waals surface area contributed by atoms with E-state index in [-0.39, 0.29) is 12.1 Å². The number of rotatable bonds is 3. The molecule has 0 radical (unpaired) electrons. The number of aromatic nitrogens is 1. The van der Waals surface area contributed by atoms with Crippen molar-refractivity contribution in [3.63, 3.8) is 0 Å². The van der Waals surface area contributed by atoms with Gasteiger partial charge in [0.25, 0.3) is 0 Å². The van der Waals surface area contributed by atoms with Crippen LogP contribution < -0.4 is 0 Å². The Kier molecular flexibility index (Phi) is 3.10. The van der Waals surface area contributed by atoms with Gasteiger partial charge in [0.1, 0.15) is 4.88 Å². The second-order valence-electron chi connectivity index (χ2n) is 3.68. The summed E-state index contributed by atoms with van der Waals surface area (Å²) in [5.41, 5.74) is 0.876. The summed E-state index contributed by atoms with van der Waals surface area (Å²) in [6.45, 7) is 3.70. The van der Waals surface area contributed by atoms with E-state index in [4.69, 9.17) is 4.74 Å². The molecular formula is C12H13NO2S. The normalized spacial score (nSPS) is 10.7. The van der Waals surface area contributed by atoms with Gasteiger partial charge in [0.05, 0.1) is 11.8 Å². The first-order valence-corrected chi connectivity index (χ1v) is 5.98. The van der Waals surface area contributed by atoms with Gasteiger partial charge in [-0.2, -0.15) is 0 Å². The fraction of sp³-hybridized carbons (Fsp3) is 0.250. The summed E-state index contributed by atoms with van der Waals surface area (Å²) < 4.78 is 7.10. The first-order chi connectivity index (χ1) is 7.68. The Hall–Kier alpha value is -1.55. The molecule has 0 aliphatic heterocycles. The van der Waals surface area contributed by atoms with Gasteiger partial charge in [0.15, 0.2) is 0 Å². The lowest BCUT2D eigenvalue weighted by molar-refractivity contribution is 0.0384. The smallest absolute Gasteiger partial charge is 0.350 e. The van der Waals surface area contributed by atoms with Gasteiger partial charge >= 0.3 is 5.97 Å². The molecule has 2 rings (SSSR count). The van der Waals surface area contributed by atoms with Crippen LogP contribution in [0.5, 0.6) is 0 Å². The summed E-state index contributed by atoms with van der Waals surface area (Å²) in [6, 6.07) is 5.77. The van der Waals surface area contributed by atoms with Crippen molar-refractivity contribution in [3.05, 3.63) is 40.8 Å². The minimum absolute atomic E-state index is 0.0906. The summed E-state index contributed by atoms with van der Waals surface area (Å²) in [5, 5.41) is 1.90.